The second-order valence-corrected chi connectivity index (χ2v) is 23.3. The highest BCUT2D eigenvalue weighted by Crippen LogP contribution is 2.32. The zero-order valence-electron chi connectivity index (χ0n) is 40.2. The molecule has 0 bridgehead atoms. The molecule has 4 saturated heterocycles. The first-order valence-electron chi connectivity index (χ1n) is 24.1. The fraction of sp³-hybridized carbons (Fsp3) is 0.440. The molecule has 16 nitrogen and oxygen atoms in total. The van der Waals surface area contributed by atoms with Crippen LogP contribution in [0.2, 0.25) is 0 Å². The van der Waals surface area contributed by atoms with Gasteiger partial charge in [0.1, 0.15) is 34.9 Å². The van der Waals surface area contributed by atoms with Crippen molar-refractivity contribution >= 4 is 64.8 Å². The Kier molecular flexibility index (Phi) is 15.7. The van der Waals surface area contributed by atoms with Gasteiger partial charge in [-0.25, -0.2) is 44.4 Å². The van der Waals surface area contributed by atoms with Crippen LogP contribution >= 0.6 is 0 Å². The normalized spacial score (nSPS) is 19.4. The third-order valence-electron chi connectivity index (χ3n) is 13.2. The molecule has 4 aliphatic rings. The van der Waals surface area contributed by atoms with E-state index in [1.54, 1.807) is 12.4 Å². The van der Waals surface area contributed by atoms with E-state index in [4.69, 9.17) is 29.4 Å². The Hall–Kier alpha value is -5.78. The molecular formula is C50H58F4N10O6S2. The zero-order chi connectivity index (χ0) is 50.6. The smallest absolute Gasteiger partial charge is 0.152 e. The van der Waals surface area contributed by atoms with Gasteiger partial charge in [-0.2, -0.15) is 0 Å². The van der Waals surface area contributed by atoms with Crippen molar-refractivity contribution in [2.24, 2.45) is 0 Å². The second kappa shape index (κ2) is 22.1. The van der Waals surface area contributed by atoms with Gasteiger partial charge in [0, 0.05) is 100 Å². The van der Waals surface area contributed by atoms with E-state index < -0.39 is 42.9 Å². The summed E-state index contributed by atoms with van der Waals surface area (Å²) < 4.78 is 113. The van der Waals surface area contributed by atoms with Crippen molar-refractivity contribution in [2.45, 2.75) is 39.0 Å². The molecule has 6 aromatic rings. The van der Waals surface area contributed by atoms with E-state index in [1.165, 1.54) is 24.3 Å². The minimum Gasteiger partial charge on any atom is -0.378 e. The molecule has 22 heteroatoms. The van der Waals surface area contributed by atoms with Gasteiger partial charge in [-0.05, 0) is 61.4 Å². The number of hydrogen-bond acceptors (Lipinski definition) is 16. The third-order valence-corrected chi connectivity index (χ3v) is 16.4. The summed E-state index contributed by atoms with van der Waals surface area (Å²) in [6.45, 7) is 12.3. The molecule has 10 rings (SSSR count). The maximum absolute atomic E-state index is 13.8. The fourth-order valence-electron chi connectivity index (χ4n) is 9.38. The molecular weight excluding hydrogens is 977 g/mol. The number of rotatable bonds is 12. The van der Waals surface area contributed by atoms with Crippen LogP contribution in [0.4, 0.5) is 40.6 Å². The highest BCUT2D eigenvalue weighted by atomic mass is 32.2. The standard InChI is InChI=1S/2C25H29F2N5O3S/c2*1-17(29-21-13-19(26)12-20(27)14-21)22-10-18(16-31-4-8-36(33,34)9-5-31)11-23-25(22)30-24(15-28-23)32-2-6-35-7-3-32/h2*10-15,17,29H,2-9,16H2,1H3. The van der Waals surface area contributed by atoms with Gasteiger partial charge in [-0.15, -0.1) is 0 Å². The fourth-order valence-corrected chi connectivity index (χ4v) is 11.9. The van der Waals surface area contributed by atoms with Crippen LogP contribution in [-0.4, -0.2) is 148 Å². The van der Waals surface area contributed by atoms with Crippen LogP contribution in [0.15, 0.2) is 73.1 Å². The average molecular weight is 1040 g/mol. The minimum atomic E-state index is -2.97. The van der Waals surface area contributed by atoms with Gasteiger partial charge in [0.05, 0.1) is 96.0 Å². The number of nitrogens with zero attached hydrogens (tertiary/aromatic N) is 8. The van der Waals surface area contributed by atoms with E-state index in [0.717, 1.165) is 72.2 Å². The van der Waals surface area contributed by atoms with Crippen LogP contribution in [0.3, 0.4) is 0 Å². The van der Waals surface area contributed by atoms with Gasteiger partial charge in [0.15, 0.2) is 19.7 Å². The zero-order valence-corrected chi connectivity index (χ0v) is 41.8. The molecule has 2 N–H and O–H groups in total. The number of morpholine rings is 2. The first-order chi connectivity index (χ1) is 34.5. The second-order valence-electron chi connectivity index (χ2n) is 18.7. The molecule has 4 fully saturated rings. The Morgan fingerprint density at radius 3 is 1.21 bits per heavy atom. The van der Waals surface area contributed by atoms with Crippen LogP contribution in [-0.2, 0) is 42.2 Å². The molecule has 0 amide bonds. The number of benzene rings is 4. The van der Waals surface area contributed by atoms with Gasteiger partial charge >= 0.3 is 0 Å². The molecule has 2 aromatic heterocycles. The van der Waals surface area contributed by atoms with E-state index in [2.05, 4.69) is 30.2 Å². The predicted octanol–water partition coefficient (Wildman–Crippen LogP) is 6.30. The average Bonchev–Trinajstić information content (AvgIpc) is 3.34. The summed E-state index contributed by atoms with van der Waals surface area (Å²) in [6.07, 6.45) is 3.52. The number of hydrogen-bond donors (Lipinski definition) is 2. The van der Waals surface area contributed by atoms with Gasteiger partial charge in [-0.3, -0.25) is 19.8 Å². The molecule has 0 spiro atoms. The van der Waals surface area contributed by atoms with Crippen LogP contribution in [0.1, 0.15) is 48.2 Å². The summed E-state index contributed by atoms with van der Waals surface area (Å²) in [5.41, 5.74) is 7.15. The summed E-state index contributed by atoms with van der Waals surface area (Å²) >= 11 is 0. The SMILES string of the molecule is CC(Nc1cc(F)cc(F)c1)c1cc(CN2CCS(=O)(=O)CC2)cc2ncc(N3CCOCC3)nc12.CC(Nc1cc(F)cc(F)c1)c1cc(CN2CCS(=O)(=O)CC2)cc2ncc(N3CCOCC3)nc12. The lowest BCUT2D eigenvalue weighted by Crippen LogP contribution is -2.39. The first kappa shape index (κ1) is 51.1. The van der Waals surface area contributed by atoms with E-state index in [9.17, 15) is 34.4 Å². The number of nitrogens with one attached hydrogen (secondary N) is 2. The molecule has 0 saturated carbocycles. The molecule has 2 unspecified atom stereocenters. The topological polar surface area (TPSA) is 175 Å². The monoisotopic (exact) mass is 1030 g/mol. The third kappa shape index (κ3) is 13.1. The lowest BCUT2D eigenvalue weighted by molar-refractivity contribution is 0.122. The predicted molar refractivity (Wildman–Crippen MR) is 270 cm³/mol. The van der Waals surface area contributed by atoms with Crippen molar-refractivity contribution in [1.29, 1.82) is 0 Å². The summed E-state index contributed by atoms with van der Waals surface area (Å²) in [5, 5.41) is 6.40. The van der Waals surface area contributed by atoms with Crippen molar-refractivity contribution in [3.63, 3.8) is 0 Å². The van der Waals surface area contributed by atoms with Crippen molar-refractivity contribution in [3.05, 3.63) is 119 Å². The Balaban J connectivity index is 0.000000178. The van der Waals surface area contributed by atoms with E-state index >= 15 is 0 Å². The lowest BCUT2D eigenvalue weighted by atomic mass is 10.0. The Labute approximate surface area is 416 Å². The summed E-state index contributed by atoms with van der Waals surface area (Å²) in [6, 6.07) is 14.0. The van der Waals surface area contributed by atoms with E-state index in [-0.39, 0.29) is 35.1 Å². The Morgan fingerprint density at radius 2 is 0.861 bits per heavy atom. The summed E-state index contributed by atoms with van der Waals surface area (Å²) in [7, 11) is -5.94. The van der Waals surface area contributed by atoms with Crippen molar-refractivity contribution in [1.82, 2.24) is 29.7 Å². The molecule has 2 atom stereocenters. The number of sulfone groups is 2. The van der Waals surface area contributed by atoms with Crippen LogP contribution in [0, 0.1) is 23.3 Å². The van der Waals surface area contributed by atoms with Gasteiger partial charge < -0.3 is 29.9 Å². The molecule has 0 radical (unpaired) electrons. The largest absolute Gasteiger partial charge is 0.378 e. The number of ether oxygens (including phenoxy) is 2. The molecule has 72 heavy (non-hydrogen) atoms. The highest BCUT2D eigenvalue weighted by Gasteiger charge is 2.26. The molecule has 0 aliphatic carbocycles. The van der Waals surface area contributed by atoms with Crippen LogP contribution in [0.5, 0.6) is 0 Å². The summed E-state index contributed by atoms with van der Waals surface area (Å²) in [4.78, 5) is 27.7. The van der Waals surface area contributed by atoms with E-state index in [0.29, 0.717) is 99.1 Å². The Morgan fingerprint density at radius 1 is 0.514 bits per heavy atom. The Bertz CT molecular complexity index is 2870. The van der Waals surface area contributed by atoms with E-state index in [1.807, 2.05) is 38.1 Å². The molecule has 4 aromatic carbocycles. The van der Waals surface area contributed by atoms with Crippen molar-refractivity contribution in [3.8, 4) is 0 Å². The van der Waals surface area contributed by atoms with Crippen molar-refractivity contribution < 1.29 is 43.9 Å². The highest BCUT2D eigenvalue weighted by molar-refractivity contribution is 7.91. The number of halogens is 4. The minimum absolute atomic E-state index is 0.152. The summed E-state index contributed by atoms with van der Waals surface area (Å²) in [5.74, 6) is -0.502. The van der Waals surface area contributed by atoms with Gasteiger partial charge in [-0.1, -0.05) is 12.1 Å². The number of aromatic nitrogens is 4. The number of anilines is 4. The van der Waals surface area contributed by atoms with Gasteiger partial charge in [0.2, 0.25) is 0 Å². The number of fused-ring (bicyclic) bond motifs is 2. The molecule has 384 valence electrons. The van der Waals surface area contributed by atoms with Crippen LogP contribution in [0.25, 0.3) is 22.1 Å². The first-order valence-corrected chi connectivity index (χ1v) is 27.7. The lowest BCUT2D eigenvalue weighted by Gasteiger charge is -2.28. The maximum Gasteiger partial charge on any atom is 0.152 e. The van der Waals surface area contributed by atoms with Gasteiger partial charge in [0.25, 0.3) is 0 Å². The van der Waals surface area contributed by atoms with Crippen molar-refractivity contribution in [2.75, 3.05) is 122 Å². The molecule has 4 aliphatic heterocycles. The quantitative estimate of drug-likeness (QED) is 0.131. The van der Waals surface area contributed by atoms with Crippen LogP contribution < -0.4 is 20.4 Å². The maximum atomic E-state index is 13.8. The molecule has 6 heterocycles.